The van der Waals surface area contributed by atoms with Crippen LogP contribution in [0.5, 0.6) is 0 Å². The molecule has 2 aromatic heterocycles. The smallest absolute Gasteiger partial charge is 0.274 e. The standard InChI is InChI=1S/C24H24N6O3/c1-2-22(31)30-14-11-16(12-15-30)23(32)26-17-6-8-18(9-7-17)27-24(33)21-5-3-4-19(28-21)20-10-13-25-29-20/h2-10,13,16H,1,11-12,14-15H2,(H,25,29)(H,26,32)(H,27,33). The summed E-state index contributed by atoms with van der Waals surface area (Å²) in [6.45, 7) is 4.59. The molecule has 0 aliphatic carbocycles. The SMILES string of the molecule is C=CC(=O)N1CCC(C(=O)Nc2ccc(NC(=O)c3cccc(-c4ccn[nH]4)n3)cc2)CC1. The third-order valence-corrected chi connectivity index (χ3v) is 5.52. The van der Waals surface area contributed by atoms with Crippen LogP contribution in [0.3, 0.4) is 0 Å². The number of rotatable bonds is 6. The third kappa shape index (κ3) is 5.32. The number of aromatic nitrogens is 3. The lowest BCUT2D eigenvalue weighted by Crippen LogP contribution is -2.40. The number of carbonyl (C=O) groups excluding carboxylic acids is 3. The first kappa shape index (κ1) is 21.9. The van der Waals surface area contributed by atoms with Crippen molar-refractivity contribution in [1.82, 2.24) is 20.1 Å². The van der Waals surface area contributed by atoms with E-state index in [0.717, 1.165) is 5.69 Å². The van der Waals surface area contributed by atoms with Gasteiger partial charge in [-0.05, 0) is 61.4 Å². The number of likely N-dealkylation sites (tertiary alicyclic amines) is 1. The van der Waals surface area contributed by atoms with Crippen molar-refractivity contribution in [3.63, 3.8) is 0 Å². The molecule has 0 atom stereocenters. The zero-order valence-corrected chi connectivity index (χ0v) is 18.0. The Hall–Kier alpha value is -4.27. The van der Waals surface area contributed by atoms with Crippen LogP contribution in [0, 0.1) is 5.92 Å². The molecule has 3 aromatic rings. The Labute approximate surface area is 190 Å². The van der Waals surface area contributed by atoms with Gasteiger partial charge in [-0.15, -0.1) is 0 Å². The molecule has 33 heavy (non-hydrogen) atoms. The van der Waals surface area contributed by atoms with Gasteiger partial charge >= 0.3 is 0 Å². The molecule has 1 aliphatic rings. The average molecular weight is 444 g/mol. The number of piperidine rings is 1. The number of nitrogens with one attached hydrogen (secondary N) is 3. The van der Waals surface area contributed by atoms with Gasteiger partial charge in [-0.2, -0.15) is 5.10 Å². The van der Waals surface area contributed by atoms with Gasteiger partial charge < -0.3 is 15.5 Å². The fraction of sp³-hybridized carbons (Fsp3) is 0.208. The largest absolute Gasteiger partial charge is 0.339 e. The van der Waals surface area contributed by atoms with Crippen molar-refractivity contribution in [2.45, 2.75) is 12.8 Å². The van der Waals surface area contributed by atoms with E-state index in [9.17, 15) is 14.4 Å². The highest BCUT2D eigenvalue weighted by Crippen LogP contribution is 2.21. The molecule has 4 rings (SSSR count). The summed E-state index contributed by atoms with van der Waals surface area (Å²) < 4.78 is 0. The quantitative estimate of drug-likeness (QED) is 0.505. The zero-order chi connectivity index (χ0) is 23.2. The number of hydrogen-bond acceptors (Lipinski definition) is 5. The second-order valence-corrected chi connectivity index (χ2v) is 7.70. The van der Waals surface area contributed by atoms with E-state index >= 15 is 0 Å². The van der Waals surface area contributed by atoms with E-state index < -0.39 is 0 Å². The van der Waals surface area contributed by atoms with Gasteiger partial charge in [0, 0.05) is 36.6 Å². The summed E-state index contributed by atoms with van der Waals surface area (Å²) in [5.74, 6) is -0.660. The highest BCUT2D eigenvalue weighted by Gasteiger charge is 2.26. The molecule has 9 heteroatoms. The van der Waals surface area contributed by atoms with Crippen molar-refractivity contribution in [1.29, 1.82) is 0 Å². The minimum absolute atomic E-state index is 0.0719. The van der Waals surface area contributed by atoms with Crippen LogP contribution in [-0.4, -0.2) is 50.9 Å². The number of H-pyrrole nitrogens is 1. The molecule has 9 nitrogen and oxygen atoms in total. The van der Waals surface area contributed by atoms with Crippen molar-refractivity contribution >= 4 is 29.1 Å². The van der Waals surface area contributed by atoms with Crippen LogP contribution in [-0.2, 0) is 9.59 Å². The summed E-state index contributed by atoms with van der Waals surface area (Å²) in [5, 5.41) is 12.4. The molecule has 0 bridgehead atoms. The van der Waals surface area contributed by atoms with Gasteiger partial charge in [0.05, 0.1) is 11.4 Å². The Bertz CT molecular complexity index is 1150. The normalized spacial score (nSPS) is 13.9. The zero-order valence-electron chi connectivity index (χ0n) is 18.0. The Balaban J connectivity index is 1.32. The van der Waals surface area contributed by atoms with Gasteiger partial charge in [0.1, 0.15) is 5.69 Å². The number of anilines is 2. The van der Waals surface area contributed by atoms with Crippen LogP contribution in [0.1, 0.15) is 23.3 Å². The number of hydrogen-bond donors (Lipinski definition) is 3. The van der Waals surface area contributed by atoms with Gasteiger partial charge in [-0.3, -0.25) is 19.5 Å². The van der Waals surface area contributed by atoms with E-state index in [-0.39, 0.29) is 29.3 Å². The fourth-order valence-corrected chi connectivity index (χ4v) is 3.68. The monoisotopic (exact) mass is 444 g/mol. The second kappa shape index (κ2) is 9.90. The summed E-state index contributed by atoms with van der Waals surface area (Å²) in [4.78, 5) is 42.9. The summed E-state index contributed by atoms with van der Waals surface area (Å²) in [6.07, 6.45) is 4.15. The number of amides is 3. The van der Waals surface area contributed by atoms with E-state index in [1.165, 1.54) is 6.08 Å². The van der Waals surface area contributed by atoms with Crippen molar-refractivity contribution in [2.24, 2.45) is 5.92 Å². The average Bonchev–Trinajstić information content (AvgIpc) is 3.40. The Morgan fingerprint density at radius 3 is 2.33 bits per heavy atom. The molecule has 3 amide bonds. The van der Waals surface area contributed by atoms with E-state index in [0.29, 0.717) is 43.0 Å². The molecule has 0 spiro atoms. The molecular weight excluding hydrogens is 420 g/mol. The van der Waals surface area contributed by atoms with Crippen molar-refractivity contribution in [2.75, 3.05) is 23.7 Å². The number of aromatic amines is 1. The summed E-state index contributed by atoms with van der Waals surface area (Å²) >= 11 is 0. The summed E-state index contributed by atoms with van der Waals surface area (Å²) in [7, 11) is 0. The van der Waals surface area contributed by atoms with Crippen LogP contribution in [0.2, 0.25) is 0 Å². The molecule has 0 unspecified atom stereocenters. The number of nitrogens with zero attached hydrogens (tertiary/aromatic N) is 3. The highest BCUT2D eigenvalue weighted by molar-refractivity contribution is 6.03. The lowest BCUT2D eigenvalue weighted by molar-refractivity contribution is -0.130. The summed E-state index contributed by atoms with van der Waals surface area (Å²) in [5.41, 5.74) is 2.85. The maximum Gasteiger partial charge on any atom is 0.274 e. The molecule has 1 aromatic carbocycles. The first-order valence-corrected chi connectivity index (χ1v) is 10.6. The maximum atomic E-state index is 12.6. The Morgan fingerprint density at radius 2 is 1.70 bits per heavy atom. The van der Waals surface area contributed by atoms with E-state index in [2.05, 4.69) is 32.4 Å². The summed E-state index contributed by atoms with van der Waals surface area (Å²) in [6, 6.07) is 13.9. The number of benzene rings is 1. The minimum atomic E-state index is -0.339. The predicted molar refractivity (Wildman–Crippen MR) is 124 cm³/mol. The molecule has 1 saturated heterocycles. The van der Waals surface area contributed by atoms with Gasteiger partial charge in [0.2, 0.25) is 11.8 Å². The van der Waals surface area contributed by atoms with E-state index in [4.69, 9.17) is 0 Å². The first-order chi connectivity index (χ1) is 16.0. The molecule has 0 radical (unpaired) electrons. The van der Waals surface area contributed by atoms with Crippen molar-refractivity contribution < 1.29 is 14.4 Å². The van der Waals surface area contributed by atoms with Crippen molar-refractivity contribution in [3.8, 4) is 11.4 Å². The minimum Gasteiger partial charge on any atom is -0.339 e. The van der Waals surface area contributed by atoms with Gasteiger partial charge in [-0.25, -0.2) is 4.98 Å². The first-order valence-electron chi connectivity index (χ1n) is 10.6. The fourth-order valence-electron chi connectivity index (χ4n) is 3.68. The maximum absolute atomic E-state index is 12.6. The highest BCUT2D eigenvalue weighted by atomic mass is 16.2. The lowest BCUT2D eigenvalue weighted by Gasteiger charge is -2.30. The van der Waals surface area contributed by atoms with Crippen molar-refractivity contribution in [3.05, 3.63) is 73.1 Å². The number of pyridine rings is 1. The van der Waals surface area contributed by atoms with E-state index in [1.807, 2.05) is 0 Å². The number of carbonyl (C=O) groups is 3. The van der Waals surface area contributed by atoms with E-state index in [1.54, 1.807) is 59.6 Å². The van der Waals surface area contributed by atoms with Crippen LogP contribution in [0.4, 0.5) is 11.4 Å². The molecule has 3 N–H and O–H groups in total. The Morgan fingerprint density at radius 1 is 1.00 bits per heavy atom. The van der Waals surface area contributed by atoms with Crippen LogP contribution in [0.25, 0.3) is 11.4 Å². The molecule has 0 saturated carbocycles. The second-order valence-electron chi connectivity index (χ2n) is 7.70. The van der Waals surface area contributed by atoms with Gasteiger partial charge in [0.25, 0.3) is 5.91 Å². The predicted octanol–water partition coefficient (Wildman–Crippen LogP) is 3.09. The lowest BCUT2D eigenvalue weighted by atomic mass is 9.95. The molecular formula is C24H24N6O3. The van der Waals surface area contributed by atoms with Gasteiger partial charge in [-0.1, -0.05) is 12.6 Å². The van der Waals surface area contributed by atoms with Gasteiger partial charge in [0.15, 0.2) is 0 Å². The molecule has 1 aliphatic heterocycles. The molecule has 1 fully saturated rings. The van der Waals surface area contributed by atoms with Crippen LogP contribution < -0.4 is 10.6 Å². The third-order valence-electron chi connectivity index (χ3n) is 5.52. The topological polar surface area (TPSA) is 120 Å². The molecule has 168 valence electrons. The molecule has 3 heterocycles. The van der Waals surface area contributed by atoms with Crippen LogP contribution >= 0.6 is 0 Å². The Kier molecular flexibility index (Phi) is 6.58. The van der Waals surface area contributed by atoms with Crippen LogP contribution in [0.15, 0.2) is 67.4 Å².